The first kappa shape index (κ1) is 21.3. The van der Waals surface area contributed by atoms with Crippen molar-refractivity contribution in [2.75, 3.05) is 23.7 Å². The van der Waals surface area contributed by atoms with Gasteiger partial charge in [-0.2, -0.15) is 10.2 Å². The molecule has 0 aliphatic carbocycles. The fourth-order valence-electron chi connectivity index (χ4n) is 2.92. The van der Waals surface area contributed by atoms with Gasteiger partial charge in [-0.3, -0.25) is 10.1 Å². The molecule has 2 N–H and O–H groups in total. The van der Waals surface area contributed by atoms with Crippen molar-refractivity contribution in [3.8, 4) is 28.8 Å². The van der Waals surface area contributed by atoms with Crippen LogP contribution in [0.4, 0.5) is 17.5 Å². The summed E-state index contributed by atoms with van der Waals surface area (Å²) in [6.45, 7) is 2.66. The lowest BCUT2D eigenvalue weighted by Crippen LogP contribution is -2.16. The number of rotatable bonds is 8. The number of pyridine rings is 1. The summed E-state index contributed by atoms with van der Waals surface area (Å²) in [5.41, 5.74) is 2.37. The zero-order chi connectivity index (χ0) is 23.2. The minimum Gasteiger partial charge on any atom is -0.368 e. The van der Waals surface area contributed by atoms with Crippen LogP contribution in [0.15, 0.2) is 53.3 Å². The molecule has 0 fully saturated rings. The maximum absolute atomic E-state index is 10.7. The summed E-state index contributed by atoms with van der Waals surface area (Å²) < 4.78 is 5.30. The number of anilines is 2. The molecular weight excluding hydrogens is 426 g/mol. The summed E-state index contributed by atoms with van der Waals surface area (Å²) in [6.07, 6.45) is 2.79. The quantitative estimate of drug-likeness (QED) is 0.233. The van der Waals surface area contributed by atoms with Crippen LogP contribution in [0.2, 0.25) is 0 Å². The maximum Gasteiger partial charge on any atom is 0.287 e. The number of nitriles is 1. The Labute approximate surface area is 187 Å². The van der Waals surface area contributed by atoms with Crippen molar-refractivity contribution in [3.63, 3.8) is 0 Å². The van der Waals surface area contributed by atoms with Gasteiger partial charge in [0.25, 0.3) is 11.6 Å². The van der Waals surface area contributed by atoms with Gasteiger partial charge in [-0.1, -0.05) is 17.3 Å². The number of nitrogens with zero attached hydrogens (tertiary/aromatic N) is 7. The molecule has 0 aliphatic heterocycles. The smallest absolute Gasteiger partial charge is 0.287 e. The molecule has 4 aromatic rings. The molecule has 0 spiro atoms. The van der Waals surface area contributed by atoms with Gasteiger partial charge in [0.15, 0.2) is 5.82 Å². The first-order chi connectivity index (χ1) is 16.0. The number of aryl methyl sites for hydroxylation is 1. The van der Waals surface area contributed by atoms with Crippen LogP contribution in [0.25, 0.3) is 22.7 Å². The standard InChI is InChI=1S/C21H17N9O3/c1-13-27-20(33-29-13)17-12-26-21(28-19(17)15-4-2-14(10-22)3-5-15)24-9-8-23-18-7-6-16(11-25-18)30(31)32/h2-7,11-12H,8-9H2,1H3,(H,23,25)(H,24,26,28). The molecule has 3 aromatic heterocycles. The Morgan fingerprint density at radius 2 is 1.85 bits per heavy atom. The summed E-state index contributed by atoms with van der Waals surface area (Å²) in [6, 6.07) is 12.0. The van der Waals surface area contributed by atoms with Gasteiger partial charge in [0.1, 0.15) is 12.0 Å². The highest BCUT2D eigenvalue weighted by atomic mass is 16.6. The molecule has 0 unspecified atom stereocenters. The minimum atomic E-state index is -0.500. The van der Waals surface area contributed by atoms with Gasteiger partial charge in [-0.05, 0) is 25.1 Å². The number of hydrogen-bond donors (Lipinski definition) is 2. The van der Waals surface area contributed by atoms with E-state index in [1.54, 1.807) is 43.5 Å². The molecule has 12 nitrogen and oxygen atoms in total. The molecule has 0 atom stereocenters. The highest BCUT2D eigenvalue weighted by Crippen LogP contribution is 2.30. The number of nitro groups is 1. The van der Waals surface area contributed by atoms with Gasteiger partial charge >= 0.3 is 0 Å². The maximum atomic E-state index is 10.7. The number of hydrogen-bond acceptors (Lipinski definition) is 11. The lowest BCUT2D eigenvalue weighted by molar-refractivity contribution is -0.385. The van der Waals surface area contributed by atoms with E-state index in [-0.39, 0.29) is 5.69 Å². The largest absolute Gasteiger partial charge is 0.368 e. The highest BCUT2D eigenvalue weighted by molar-refractivity contribution is 5.77. The van der Waals surface area contributed by atoms with E-state index >= 15 is 0 Å². The van der Waals surface area contributed by atoms with Crippen molar-refractivity contribution < 1.29 is 9.45 Å². The lowest BCUT2D eigenvalue weighted by atomic mass is 10.1. The predicted octanol–water partition coefficient (Wildman–Crippen LogP) is 3.20. The average molecular weight is 443 g/mol. The number of nitrogens with one attached hydrogen (secondary N) is 2. The van der Waals surface area contributed by atoms with Crippen LogP contribution in [-0.4, -0.2) is 43.1 Å². The molecule has 0 aliphatic rings. The van der Waals surface area contributed by atoms with Crippen LogP contribution < -0.4 is 10.6 Å². The van der Waals surface area contributed by atoms with Crippen molar-refractivity contribution in [2.24, 2.45) is 0 Å². The summed E-state index contributed by atoms with van der Waals surface area (Å²) in [5.74, 6) is 1.68. The van der Waals surface area contributed by atoms with E-state index in [0.717, 1.165) is 5.56 Å². The van der Waals surface area contributed by atoms with E-state index in [0.29, 0.717) is 53.4 Å². The van der Waals surface area contributed by atoms with Gasteiger partial charge in [0.05, 0.1) is 27.8 Å². The summed E-state index contributed by atoms with van der Waals surface area (Å²) >= 11 is 0. The summed E-state index contributed by atoms with van der Waals surface area (Å²) in [4.78, 5) is 27.4. The van der Waals surface area contributed by atoms with Crippen molar-refractivity contribution in [1.82, 2.24) is 25.1 Å². The van der Waals surface area contributed by atoms with Crippen molar-refractivity contribution in [3.05, 3.63) is 70.3 Å². The number of aromatic nitrogens is 5. The van der Waals surface area contributed by atoms with Crippen molar-refractivity contribution in [2.45, 2.75) is 6.92 Å². The molecular formula is C21H17N9O3. The van der Waals surface area contributed by atoms with Crippen molar-refractivity contribution >= 4 is 17.5 Å². The molecule has 3 heterocycles. The first-order valence-corrected chi connectivity index (χ1v) is 9.80. The second-order valence-electron chi connectivity index (χ2n) is 6.80. The third kappa shape index (κ3) is 5.05. The van der Waals surface area contributed by atoms with E-state index in [4.69, 9.17) is 9.78 Å². The highest BCUT2D eigenvalue weighted by Gasteiger charge is 2.17. The third-order valence-corrected chi connectivity index (χ3v) is 4.51. The Morgan fingerprint density at radius 3 is 2.48 bits per heavy atom. The van der Waals surface area contributed by atoms with E-state index < -0.39 is 4.92 Å². The van der Waals surface area contributed by atoms with Crippen LogP contribution in [0.1, 0.15) is 11.4 Å². The van der Waals surface area contributed by atoms with E-state index in [9.17, 15) is 10.1 Å². The van der Waals surface area contributed by atoms with Gasteiger partial charge < -0.3 is 15.2 Å². The second-order valence-corrected chi connectivity index (χ2v) is 6.80. The topological polar surface area (TPSA) is 169 Å². The Kier molecular flexibility index (Phi) is 6.12. The van der Waals surface area contributed by atoms with Crippen LogP contribution >= 0.6 is 0 Å². The Hall–Kier alpha value is -4.92. The summed E-state index contributed by atoms with van der Waals surface area (Å²) in [5, 5.41) is 29.8. The SMILES string of the molecule is Cc1noc(-c2cnc(NCCNc3ccc([N+](=O)[O-])cn3)nc2-c2ccc(C#N)cc2)n1. The Balaban J connectivity index is 1.49. The third-order valence-electron chi connectivity index (χ3n) is 4.51. The minimum absolute atomic E-state index is 0.0704. The van der Waals surface area contributed by atoms with Crippen LogP contribution in [0, 0.1) is 28.4 Å². The van der Waals surface area contributed by atoms with E-state index in [1.165, 1.54) is 12.3 Å². The average Bonchev–Trinajstić information content (AvgIpc) is 3.28. The fraction of sp³-hybridized carbons (Fsp3) is 0.143. The molecule has 0 bridgehead atoms. The Bertz CT molecular complexity index is 1310. The molecule has 1 aromatic carbocycles. The van der Waals surface area contributed by atoms with Crippen molar-refractivity contribution in [1.29, 1.82) is 5.26 Å². The monoisotopic (exact) mass is 443 g/mol. The molecule has 12 heteroatoms. The molecule has 0 saturated heterocycles. The van der Waals surface area contributed by atoms with Gasteiger partial charge in [0, 0.05) is 30.9 Å². The van der Waals surface area contributed by atoms with E-state index in [1.807, 2.05) is 0 Å². The molecule has 33 heavy (non-hydrogen) atoms. The van der Waals surface area contributed by atoms with Crippen LogP contribution in [0.5, 0.6) is 0 Å². The predicted molar refractivity (Wildman–Crippen MR) is 118 cm³/mol. The van der Waals surface area contributed by atoms with Gasteiger partial charge in [-0.15, -0.1) is 0 Å². The zero-order valence-electron chi connectivity index (χ0n) is 17.4. The molecule has 164 valence electrons. The van der Waals surface area contributed by atoms with E-state index in [2.05, 4.69) is 41.8 Å². The van der Waals surface area contributed by atoms with Gasteiger partial charge in [-0.25, -0.2) is 15.0 Å². The number of benzene rings is 1. The first-order valence-electron chi connectivity index (χ1n) is 9.80. The molecule has 0 radical (unpaired) electrons. The zero-order valence-corrected chi connectivity index (χ0v) is 17.4. The Morgan fingerprint density at radius 1 is 1.06 bits per heavy atom. The second kappa shape index (κ2) is 9.48. The fourth-order valence-corrected chi connectivity index (χ4v) is 2.92. The molecule has 0 amide bonds. The molecule has 4 rings (SSSR count). The van der Waals surface area contributed by atoms with Crippen LogP contribution in [-0.2, 0) is 0 Å². The summed E-state index contributed by atoms with van der Waals surface area (Å²) in [7, 11) is 0. The van der Waals surface area contributed by atoms with Gasteiger partial charge in [0.2, 0.25) is 5.95 Å². The van der Waals surface area contributed by atoms with Crippen LogP contribution in [0.3, 0.4) is 0 Å². The lowest BCUT2D eigenvalue weighted by Gasteiger charge is -2.10. The normalized spacial score (nSPS) is 10.4. The molecule has 0 saturated carbocycles.